The van der Waals surface area contributed by atoms with E-state index in [0.717, 1.165) is 11.8 Å². The Balaban J connectivity index is 2.58. The molecular formula is C19H25NO7S. The minimum Gasteiger partial charge on any atom is -0.485 e. The summed E-state index contributed by atoms with van der Waals surface area (Å²) in [5, 5.41) is 12.6. The van der Waals surface area contributed by atoms with Gasteiger partial charge in [0.05, 0.1) is 16.6 Å². The predicted octanol–water partition coefficient (Wildman–Crippen LogP) is 2.84. The number of hydrogen-bond acceptors (Lipinski definition) is 7. The van der Waals surface area contributed by atoms with Crippen LogP contribution in [0.15, 0.2) is 40.1 Å². The van der Waals surface area contributed by atoms with Crippen molar-refractivity contribution >= 4 is 27.3 Å². The molecule has 28 heavy (non-hydrogen) atoms. The summed E-state index contributed by atoms with van der Waals surface area (Å²) in [6, 6.07) is 6.43. The Bertz CT molecular complexity index is 901. The molecule has 154 valence electrons. The van der Waals surface area contributed by atoms with Gasteiger partial charge in [0.2, 0.25) is 6.61 Å². The SMILES string of the molecule is CC[C@]1(C)O/C(=N/OCC(=O)O)C(OC(C)C)=C1c1ccc(S(C)(=O)=O)cc1. The topological polar surface area (TPSA) is 111 Å². The molecule has 1 heterocycles. The van der Waals surface area contributed by atoms with Crippen molar-refractivity contribution in [2.45, 2.75) is 50.7 Å². The van der Waals surface area contributed by atoms with E-state index in [2.05, 4.69) is 5.16 Å². The molecule has 2 rings (SSSR count). The number of nitrogens with zero attached hydrogens (tertiary/aromatic N) is 1. The molecule has 8 nitrogen and oxygen atoms in total. The Morgan fingerprint density at radius 2 is 1.89 bits per heavy atom. The van der Waals surface area contributed by atoms with E-state index in [1.807, 2.05) is 27.7 Å². The van der Waals surface area contributed by atoms with E-state index in [4.69, 9.17) is 19.4 Å². The average Bonchev–Trinajstić information content (AvgIpc) is 2.86. The highest BCUT2D eigenvalue weighted by atomic mass is 32.2. The number of benzene rings is 1. The predicted molar refractivity (Wildman–Crippen MR) is 103 cm³/mol. The molecule has 0 saturated heterocycles. The number of carboxylic acid groups (broad SMARTS) is 1. The van der Waals surface area contributed by atoms with E-state index in [9.17, 15) is 13.2 Å². The van der Waals surface area contributed by atoms with Gasteiger partial charge in [-0.15, -0.1) is 0 Å². The Labute approximate surface area is 164 Å². The maximum Gasteiger partial charge on any atom is 0.344 e. The number of carboxylic acids is 1. The third-order valence-corrected chi connectivity index (χ3v) is 5.34. The summed E-state index contributed by atoms with van der Waals surface area (Å²) >= 11 is 0. The van der Waals surface area contributed by atoms with Gasteiger partial charge in [0.15, 0.2) is 15.6 Å². The third-order valence-electron chi connectivity index (χ3n) is 4.21. The first kappa shape index (κ1) is 21.7. The average molecular weight is 411 g/mol. The molecule has 0 spiro atoms. The smallest absolute Gasteiger partial charge is 0.344 e. The first-order chi connectivity index (χ1) is 13.0. The fourth-order valence-electron chi connectivity index (χ4n) is 2.76. The van der Waals surface area contributed by atoms with Crippen molar-refractivity contribution in [2.75, 3.05) is 12.9 Å². The highest BCUT2D eigenvalue weighted by Gasteiger charge is 2.44. The van der Waals surface area contributed by atoms with Gasteiger partial charge in [0.25, 0.3) is 5.90 Å². The minimum absolute atomic E-state index is 0.0569. The fourth-order valence-corrected chi connectivity index (χ4v) is 3.39. The van der Waals surface area contributed by atoms with Crippen LogP contribution in [0.25, 0.3) is 5.57 Å². The monoisotopic (exact) mass is 411 g/mol. The highest BCUT2D eigenvalue weighted by molar-refractivity contribution is 7.90. The summed E-state index contributed by atoms with van der Waals surface area (Å²) in [5.41, 5.74) is 0.611. The molecule has 0 amide bonds. The lowest BCUT2D eigenvalue weighted by Crippen LogP contribution is -2.26. The van der Waals surface area contributed by atoms with Gasteiger partial charge in [0.1, 0.15) is 5.60 Å². The molecule has 1 aliphatic heterocycles. The Hall–Kier alpha value is -2.55. The summed E-state index contributed by atoms with van der Waals surface area (Å²) in [6.45, 7) is 6.86. The van der Waals surface area contributed by atoms with Crippen molar-refractivity contribution in [3.63, 3.8) is 0 Å². The molecule has 1 aliphatic rings. The van der Waals surface area contributed by atoms with Gasteiger partial charge in [-0.05, 0) is 50.0 Å². The van der Waals surface area contributed by atoms with Crippen LogP contribution in [0.3, 0.4) is 0 Å². The second-order valence-corrected chi connectivity index (χ2v) is 8.93. The quantitative estimate of drug-likeness (QED) is 0.655. The van der Waals surface area contributed by atoms with Crippen LogP contribution in [0.4, 0.5) is 0 Å². The summed E-state index contributed by atoms with van der Waals surface area (Å²) < 4.78 is 35.4. The number of carbonyl (C=O) groups is 1. The van der Waals surface area contributed by atoms with Crippen molar-refractivity contribution in [3.05, 3.63) is 35.6 Å². The number of aliphatic carboxylic acids is 1. The maximum atomic E-state index is 11.7. The van der Waals surface area contributed by atoms with Gasteiger partial charge >= 0.3 is 5.97 Å². The Kier molecular flexibility index (Phi) is 6.38. The van der Waals surface area contributed by atoms with E-state index < -0.39 is 28.0 Å². The molecule has 0 aliphatic carbocycles. The third kappa shape index (κ3) is 4.83. The normalized spacial score (nSPS) is 21.1. The van der Waals surface area contributed by atoms with Gasteiger partial charge < -0.3 is 19.4 Å². The number of ether oxygens (including phenoxy) is 2. The van der Waals surface area contributed by atoms with E-state index in [-0.39, 0.29) is 16.9 Å². The van der Waals surface area contributed by atoms with Gasteiger partial charge in [-0.2, -0.15) is 0 Å². The lowest BCUT2D eigenvalue weighted by Gasteiger charge is -2.25. The van der Waals surface area contributed by atoms with Crippen LogP contribution in [0, 0.1) is 0 Å². The summed E-state index contributed by atoms with van der Waals surface area (Å²) in [7, 11) is -3.32. The van der Waals surface area contributed by atoms with Crippen LogP contribution in [-0.4, -0.2) is 50.0 Å². The van der Waals surface area contributed by atoms with Gasteiger partial charge in [-0.25, -0.2) is 13.2 Å². The fraction of sp³-hybridized carbons (Fsp3) is 0.474. The molecule has 1 N–H and O–H groups in total. The summed E-state index contributed by atoms with van der Waals surface area (Å²) in [5.74, 6) is -0.758. The van der Waals surface area contributed by atoms with Gasteiger partial charge in [-0.1, -0.05) is 19.1 Å². The lowest BCUT2D eigenvalue weighted by atomic mass is 9.88. The zero-order valence-corrected chi connectivity index (χ0v) is 17.4. The van der Waals surface area contributed by atoms with Crippen LogP contribution in [-0.2, 0) is 28.9 Å². The molecule has 1 atom stereocenters. The van der Waals surface area contributed by atoms with E-state index >= 15 is 0 Å². The molecule has 9 heteroatoms. The largest absolute Gasteiger partial charge is 0.485 e. The Morgan fingerprint density at radius 3 is 2.36 bits per heavy atom. The molecule has 0 aromatic heterocycles. The molecule has 0 radical (unpaired) electrons. The summed E-state index contributed by atoms with van der Waals surface area (Å²) in [6.07, 6.45) is 1.51. The molecule has 0 bridgehead atoms. The van der Waals surface area contributed by atoms with Crippen molar-refractivity contribution in [1.29, 1.82) is 0 Å². The zero-order chi connectivity index (χ0) is 21.1. The van der Waals surface area contributed by atoms with Crippen LogP contribution < -0.4 is 0 Å². The van der Waals surface area contributed by atoms with Crippen LogP contribution in [0.1, 0.15) is 39.7 Å². The van der Waals surface area contributed by atoms with Crippen molar-refractivity contribution < 1.29 is 32.6 Å². The second-order valence-electron chi connectivity index (χ2n) is 6.92. The van der Waals surface area contributed by atoms with Gasteiger partial charge in [0, 0.05) is 6.26 Å². The first-order valence-corrected chi connectivity index (χ1v) is 10.7. The lowest BCUT2D eigenvalue weighted by molar-refractivity contribution is -0.142. The number of hydrogen-bond donors (Lipinski definition) is 1. The highest BCUT2D eigenvalue weighted by Crippen LogP contribution is 2.43. The van der Waals surface area contributed by atoms with E-state index in [1.165, 1.54) is 12.1 Å². The van der Waals surface area contributed by atoms with Crippen molar-refractivity contribution in [2.24, 2.45) is 5.16 Å². The number of sulfone groups is 1. The molecule has 0 saturated carbocycles. The Morgan fingerprint density at radius 1 is 1.29 bits per heavy atom. The van der Waals surface area contributed by atoms with E-state index in [0.29, 0.717) is 17.8 Å². The van der Waals surface area contributed by atoms with Crippen LogP contribution in [0.5, 0.6) is 0 Å². The first-order valence-electron chi connectivity index (χ1n) is 8.81. The van der Waals surface area contributed by atoms with Crippen molar-refractivity contribution in [3.8, 4) is 0 Å². The summed E-state index contributed by atoms with van der Waals surface area (Å²) in [4.78, 5) is 15.7. The van der Waals surface area contributed by atoms with Crippen LogP contribution in [0.2, 0.25) is 0 Å². The second kappa shape index (κ2) is 8.22. The molecule has 0 unspecified atom stereocenters. The standard InChI is InChI=1S/C19H25NO7S/c1-6-19(4)16(13-7-9-14(10-8-13)28(5,23)24)17(26-12(2)3)18(27-19)20-25-11-15(21)22/h7-10,12H,6,11H2,1-5H3,(H,21,22)/b20-18+/t19-/m0/s1. The number of oxime groups is 1. The molecular weight excluding hydrogens is 386 g/mol. The maximum absolute atomic E-state index is 11.7. The molecule has 1 aromatic rings. The number of rotatable bonds is 8. The van der Waals surface area contributed by atoms with E-state index in [1.54, 1.807) is 12.1 Å². The minimum atomic E-state index is -3.32. The van der Waals surface area contributed by atoms with Gasteiger partial charge in [-0.3, -0.25) is 0 Å². The zero-order valence-electron chi connectivity index (χ0n) is 16.6. The van der Waals surface area contributed by atoms with Crippen LogP contribution >= 0.6 is 0 Å². The molecule has 1 aromatic carbocycles. The van der Waals surface area contributed by atoms with Crippen molar-refractivity contribution in [1.82, 2.24) is 0 Å². The molecule has 0 fully saturated rings.